The van der Waals surface area contributed by atoms with Crippen molar-refractivity contribution in [3.8, 4) is 0 Å². The molecule has 0 saturated heterocycles. The first-order valence-corrected chi connectivity index (χ1v) is 16.5. The minimum atomic E-state index is -1.67. The Bertz CT molecular complexity index is 891. The van der Waals surface area contributed by atoms with Crippen LogP contribution in [0.25, 0.3) is 0 Å². The number of aliphatic carboxylic acids is 1. The summed E-state index contributed by atoms with van der Waals surface area (Å²) >= 11 is 0. The third kappa shape index (κ3) is 9.75. The number of hydrogen-bond acceptors (Lipinski definition) is 1. The molecule has 198 valence electrons. The van der Waals surface area contributed by atoms with Gasteiger partial charge in [-0.1, -0.05) is 119 Å². The van der Waals surface area contributed by atoms with E-state index in [-0.39, 0.29) is 0 Å². The average molecular weight is 518 g/mol. The van der Waals surface area contributed by atoms with Gasteiger partial charge >= 0.3 is 5.97 Å². The standard InChI is InChI=1S/C34H45O2P/c35-34(36)29-21-10-8-6-4-2-1-3-5-7-9-11-22-30-37(31-23-15-12-16-24-31,32-25-17-13-18-26-32)33-27-19-14-20-28-33/h12-20,23-28H,1-11,21-22,29-30H2/p+1. The van der Waals surface area contributed by atoms with E-state index in [2.05, 4.69) is 91.0 Å². The number of carboxylic acid groups (broad SMARTS) is 1. The van der Waals surface area contributed by atoms with E-state index in [0.29, 0.717) is 6.42 Å². The van der Waals surface area contributed by atoms with Crippen LogP contribution >= 0.6 is 7.26 Å². The number of unbranched alkanes of at least 4 members (excludes halogenated alkanes) is 12. The molecule has 0 saturated carbocycles. The summed E-state index contributed by atoms with van der Waals surface area (Å²) in [5.74, 6) is -0.662. The molecule has 3 rings (SSSR count). The second-order valence-electron chi connectivity index (χ2n) is 10.3. The number of carbonyl (C=O) groups is 1. The van der Waals surface area contributed by atoms with E-state index >= 15 is 0 Å². The second-order valence-corrected chi connectivity index (χ2v) is 13.9. The van der Waals surface area contributed by atoms with Gasteiger partial charge in [-0.15, -0.1) is 0 Å². The maximum absolute atomic E-state index is 10.5. The molecule has 0 aliphatic heterocycles. The van der Waals surface area contributed by atoms with Crippen molar-refractivity contribution in [1.82, 2.24) is 0 Å². The Labute approximate surface area is 225 Å². The summed E-state index contributed by atoms with van der Waals surface area (Å²) in [5.41, 5.74) is 0. The summed E-state index contributed by atoms with van der Waals surface area (Å²) in [5, 5.41) is 13.2. The lowest BCUT2D eigenvalue weighted by atomic mass is 10.0. The fourth-order valence-electron chi connectivity index (χ4n) is 5.45. The Morgan fingerprint density at radius 2 is 0.757 bits per heavy atom. The van der Waals surface area contributed by atoms with Gasteiger partial charge in [0.2, 0.25) is 0 Å². The second kappa shape index (κ2) is 17.1. The van der Waals surface area contributed by atoms with Crippen LogP contribution in [0.5, 0.6) is 0 Å². The third-order valence-electron chi connectivity index (χ3n) is 7.48. The first-order valence-electron chi connectivity index (χ1n) is 14.5. The van der Waals surface area contributed by atoms with Crippen molar-refractivity contribution in [3.05, 3.63) is 91.0 Å². The molecular weight excluding hydrogens is 471 g/mol. The van der Waals surface area contributed by atoms with E-state index in [1.165, 1.54) is 92.7 Å². The van der Waals surface area contributed by atoms with Gasteiger partial charge in [0, 0.05) is 6.42 Å². The third-order valence-corrected chi connectivity index (χ3v) is 12.0. The summed E-state index contributed by atoms with van der Waals surface area (Å²) in [7, 11) is -1.67. The van der Waals surface area contributed by atoms with Crippen LogP contribution in [0, 0.1) is 0 Å². The summed E-state index contributed by atoms with van der Waals surface area (Å²) in [6.07, 6.45) is 17.9. The lowest BCUT2D eigenvalue weighted by Gasteiger charge is -2.27. The van der Waals surface area contributed by atoms with Gasteiger partial charge in [0.05, 0.1) is 6.16 Å². The van der Waals surface area contributed by atoms with Crippen molar-refractivity contribution in [3.63, 3.8) is 0 Å². The van der Waals surface area contributed by atoms with E-state index < -0.39 is 13.2 Å². The summed E-state index contributed by atoms with van der Waals surface area (Å²) < 4.78 is 0. The quantitative estimate of drug-likeness (QED) is 0.128. The van der Waals surface area contributed by atoms with Crippen molar-refractivity contribution >= 4 is 29.1 Å². The van der Waals surface area contributed by atoms with Crippen LogP contribution in [0.3, 0.4) is 0 Å². The van der Waals surface area contributed by atoms with Crippen LogP contribution in [0.1, 0.15) is 89.9 Å². The molecule has 0 radical (unpaired) electrons. The number of benzene rings is 3. The molecular formula is C34H46O2P+. The summed E-state index contributed by atoms with van der Waals surface area (Å²) in [6, 6.07) is 33.7. The van der Waals surface area contributed by atoms with Gasteiger partial charge in [-0.05, 0) is 55.7 Å². The zero-order valence-electron chi connectivity index (χ0n) is 22.6. The van der Waals surface area contributed by atoms with Gasteiger partial charge < -0.3 is 5.11 Å². The summed E-state index contributed by atoms with van der Waals surface area (Å²) in [4.78, 5) is 10.5. The molecule has 1 N–H and O–H groups in total. The van der Waals surface area contributed by atoms with Crippen molar-refractivity contribution in [2.75, 3.05) is 6.16 Å². The number of carboxylic acids is 1. The minimum Gasteiger partial charge on any atom is -0.481 e. The highest BCUT2D eigenvalue weighted by Crippen LogP contribution is 2.56. The molecule has 2 nitrogen and oxygen atoms in total. The van der Waals surface area contributed by atoms with Crippen LogP contribution in [0.2, 0.25) is 0 Å². The largest absolute Gasteiger partial charge is 0.481 e. The van der Waals surface area contributed by atoms with Crippen LogP contribution in [-0.2, 0) is 4.79 Å². The molecule has 0 spiro atoms. The molecule has 0 amide bonds. The Hall–Kier alpha value is -2.44. The monoisotopic (exact) mass is 517 g/mol. The molecule has 0 aliphatic carbocycles. The number of rotatable bonds is 19. The first kappa shape index (κ1) is 29.1. The van der Waals surface area contributed by atoms with Crippen molar-refractivity contribution in [2.24, 2.45) is 0 Å². The molecule has 3 aromatic carbocycles. The molecule has 0 aromatic heterocycles. The van der Waals surface area contributed by atoms with Crippen LogP contribution in [0.4, 0.5) is 0 Å². The van der Waals surface area contributed by atoms with Crippen molar-refractivity contribution < 1.29 is 9.90 Å². The molecule has 0 fully saturated rings. The van der Waals surface area contributed by atoms with Gasteiger partial charge in [-0.2, -0.15) is 0 Å². The summed E-state index contributed by atoms with van der Waals surface area (Å²) in [6.45, 7) is 0. The average Bonchev–Trinajstić information content (AvgIpc) is 2.94. The topological polar surface area (TPSA) is 37.3 Å². The Kier molecular flexibility index (Phi) is 13.5. The van der Waals surface area contributed by atoms with Gasteiger partial charge in [-0.25, -0.2) is 0 Å². The van der Waals surface area contributed by atoms with Crippen molar-refractivity contribution in [1.29, 1.82) is 0 Å². The lowest BCUT2D eigenvalue weighted by Crippen LogP contribution is -2.33. The van der Waals surface area contributed by atoms with E-state index in [0.717, 1.165) is 12.8 Å². The predicted molar refractivity (Wildman–Crippen MR) is 162 cm³/mol. The maximum Gasteiger partial charge on any atom is 0.303 e. The van der Waals surface area contributed by atoms with E-state index in [9.17, 15) is 4.79 Å². The molecule has 0 bridgehead atoms. The molecule has 0 heterocycles. The Balaban J connectivity index is 1.42. The smallest absolute Gasteiger partial charge is 0.303 e. The van der Waals surface area contributed by atoms with Crippen LogP contribution in [-0.4, -0.2) is 17.2 Å². The van der Waals surface area contributed by atoms with E-state index in [1.54, 1.807) is 0 Å². The maximum atomic E-state index is 10.5. The molecule has 3 heteroatoms. The fraction of sp³-hybridized carbons (Fsp3) is 0.441. The van der Waals surface area contributed by atoms with Crippen LogP contribution < -0.4 is 15.9 Å². The molecule has 37 heavy (non-hydrogen) atoms. The van der Waals surface area contributed by atoms with Gasteiger partial charge in [0.25, 0.3) is 0 Å². The van der Waals surface area contributed by atoms with E-state index in [4.69, 9.17) is 5.11 Å². The zero-order chi connectivity index (χ0) is 26.0. The first-order chi connectivity index (χ1) is 18.2. The predicted octanol–water partition coefficient (Wildman–Crippen LogP) is 8.53. The van der Waals surface area contributed by atoms with E-state index in [1.807, 2.05) is 0 Å². The SMILES string of the molecule is O=C(O)CCCCCCCCCCCCCCC[P+](c1ccccc1)(c1ccccc1)c1ccccc1. The lowest BCUT2D eigenvalue weighted by molar-refractivity contribution is -0.137. The molecule has 0 unspecified atom stereocenters. The Morgan fingerprint density at radius 1 is 0.459 bits per heavy atom. The molecule has 0 atom stereocenters. The minimum absolute atomic E-state index is 0.327. The van der Waals surface area contributed by atoms with Gasteiger partial charge in [0.1, 0.15) is 23.2 Å². The highest BCUT2D eigenvalue weighted by Gasteiger charge is 2.44. The van der Waals surface area contributed by atoms with Gasteiger partial charge in [-0.3, -0.25) is 4.79 Å². The fourth-order valence-corrected chi connectivity index (χ4v) is 9.86. The Morgan fingerprint density at radius 3 is 1.08 bits per heavy atom. The molecule has 3 aromatic rings. The van der Waals surface area contributed by atoms with Crippen molar-refractivity contribution in [2.45, 2.75) is 89.9 Å². The highest BCUT2D eigenvalue weighted by atomic mass is 31.2. The molecule has 0 aliphatic rings. The number of hydrogen-bond donors (Lipinski definition) is 1. The highest BCUT2D eigenvalue weighted by molar-refractivity contribution is 7.95. The zero-order valence-corrected chi connectivity index (χ0v) is 23.5. The van der Waals surface area contributed by atoms with Crippen LogP contribution in [0.15, 0.2) is 91.0 Å². The van der Waals surface area contributed by atoms with Gasteiger partial charge in [0.15, 0.2) is 0 Å². The normalized spacial score (nSPS) is 11.5.